The Balaban J connectivity index is 1.84. The SMILES string of the molecule is CS/C(NC(=O)NCCCCN1CCCC1)=C(\COCc1c(F)cc(Br)cc1F)C(N)=O. The van der Waals surface area contributed by atoms with E-state index in [0.29, 0.717) is 6.54 Å². The third-order valence-electron chi connectivity index (χ3n) is 4.99. The Morgan fingerprint density at radius 1 is 1.22 bits per heavy atom. The molecule has 0 atom stereocenters. The number of benzene rings is 1. The van der Waals surface area contributed by atoms with Gasteiger partial charge in [0.25, 0.3) is 0 Å². The lowest BCUT2D eigenvalue weighted by atomic mass is 10.2. The molecule has 1 aliphatic heterocycles. The zero-order valence-corrected chi connectivity index (χ0v) is 20.4. The molecule has 0 aromatic heterocycles. The van der Waals surface area contributed by atoms with E-state index in [4.69, 9.17) is 10.5 Å². The van der Waals surface area contributed by atoms with Gasteiger partial charge in [0.1, 0.15) is 11.6 Å². The lowest BCUT2D eigenvalue weighted by molar-refractivity contribution is -0.115. The average molecular weight is 535 g/mol. The molecule has 32 heavy (non-hydrogen) atoms. The van der Waals surface area contributed by atoms with Crippen LogP contribution in [0.15, 0.2) is 27.2 Å². The van der Waals surface area contributed by atoms with Crippen LogP contribution in [0.4, 0.5) is 13.6 Å². The minimum absolute atomic E-state index is 0.0135. The number of urea groups is 1. The highest BCUT2D eigenvalue weighted by Gasteiger charge is 2.17. The number of nitrogens with two attached hydrogens (primary N) is 1. The number of hydrogen-bond acceptors (Lipinski definition) is 5. The Labute approximate surface area is 199 Å². The molecule has 1 saturated heterocycles. The van der Waals surface area contributed by atoms with E-state index in [2.05, 4.69) is 31.5 Å². The number of halogens is 3. The molecular formula is C21H29BrF2N4O3S. The standard InChI is InChI=1S/C21H29BrF2N4O3S/c1-32-20(27-21(30)26-6-2-3-7-28-8-4-5-9-28)16(19(25)29)13-31-12-15-17(23)10-14(22)11-18(15)24/h10-11H,2-9,12-13H2,1H3,(H2,25,29)(H2,26,27,30)/b20-16+. The van der Waals surface area contributed by atoms with Crippen LogP contribution in [-0.4, -0.2) is 55.9 Å². The van der Waals surface area contributed by atoms with E-state index in [1.165, 1.54) is 12.8 Å². The van der Waals surface area contributed by atoms with Crippen LogP contribution in [0, 0.1) is 11.6 Å². The Morgan fingerprint density at radius 2 is 1.88 bits per heavy atom. The number of likely N-dealkylation sites (tertiary alicyclic amines) is 1. The quantitative estimate of drug-likeness (QED) is 0.282. The van der Waals surface area contributed by atoms with Crippen molar-refractivity contribution in [2.75, 3.05) is 39.0 Å². The molecule has 0 radical (unpaired) electrons. The molecule has 0 bridgehead atoms. The molecule has 1 aliphatic rings. The van der Waals surface area contributed by atoms with Gasteiger partial charge in [-0.3, -0.25) is 4.79 Å². The zero-order chi connectivity index (χ0) is 23.5. The molecule has 1 heterocycles. The summed E-state index contributed by atoms with van der Waals surface area (Å²) in [4.78, 5) is 26.5. The number of rotatable bonds is 12. The number of primary amides is 1. The Morgan fingerprint density at radius 3 is 2.47 bits per heavy atom. The maximum atomic E-state index is 13.9. The number of thioether (sulfide) groups is 1. The van der Waals surface area contributed by atoms with E-state index in [1.54, 1.807) is 6.26 Å². The summed E-state index contributed by atoms with van der Waals surface area (Å²) in [5.41, 5.74) is 5.18. The van der Waals surface area contributed by atoms with Gasteiger partial charge in [0.2, 0.25) is 5.91 Å². The smallest absolute Gasteiger partial charge is 0.319 e. The Bertz CT molecular complexity index is 812. The fraction of sp³-hybridized carbons (Fsp3) is 0.524. The fourth-order valence-corrected chi connectivity index (χ4v) is 4.28. The van der Waals surface area contributed by atoms with E-state index in [1.807, 2.05) is 0 Å². The lowest BCUT2D eigenvalue weighted by Crippen LogP contribution is -2.37. The van der Waals surface area contributed by atoms with Gasteiger partial charge in [-0.15, -0.1) is 11.8 Å². The van der Waals surface area contributed by atoms with Gasteiger partial charge in [-0.25, -0.2) is 13.6 Å². The van der Waals surface area contributed by atoms with Crippen molar-refractivity contribution in [3.63, 3.8) is 0 Å². The van der Waals surface area contributed by atoms with Crippen molar-refractivity contribution in [2.24, 2.45) is 5.73 Å². The molecule has 1 aromatic carbocycles. The van der Waals surface area contributed by atoms with Gasteiger partial charge >= 0.3 is 6.03 Å². The summed E-state index contributed by atoms with van der Waals surface area (Å²) in [6.07, 6.45) is 6.02. The number of carbonyl (C=O) groups excluding carboxylic acids is 2. The predicted molar refractivity (Wildman–Crippen MR) is 125 cm³/mol. The average Bonchev–Trinajstić information content (AvgIpc) is 3.24. The topological polar surface area (TPSA) is 96.7 Å². The number of ether oxygens (including phenoxy) is 1. The third kappa shape index (κ3) is 8.68. The summed E-state index contributed by atoms with van der Waals surface area (Å²) in [6, 6.07) is 1.78. The summed E-state index contributed by atoms with van der Waals surface area (Å²) in [6.45, 7) is 3.13. The van der Waals surface area contributed by atoms with Crippen LogP contribution in [0.5, 0.6) is 0 Å². The van der Waals surface area contributed by atoms with Crippen molar-refractivity contribution in [1.82, 2.24) is 15.5 Å². The highest BCUT2D eigenvalue weighted by Crippen LogP contribution is 2.21. The van der Waals surface area contributed by atoms with E-state index >= 15 is 0 Å². The van der Waals surface area contributed by atoms with Crippen molar-refractivity contribution in [1.29, 1.82) is 0 Å². The van der Waals surface area contributed by atoms with Crippen molar-refractivity contribution in [3.8, 4) is 0 Å². The zero-order valence-electron chi connectivity index (χ0n) is 18.0. The first kappa shape index (κ1) is 26.6. The molecule has 0 spiro atoms. The predicted octanol–water partition coefficient (Wildman–Crippen LogP) is 3.48. The van der Waals surface area contributed by atoms with E-state index in [9.17, 15) is 18.4 Å². The number of amides is 3. The summed E-state index contributed by atoms with van der Waals surface area (Å²) in [5.74, 6) is -2.33. The van der Waals surface area contributed by atoms with Gasteiger partial charge in [0, 0.05) is 16.6 Å². The molecule has 4 N–H and O–H groups in total. The number of nitrogens with one attached hydrogen (secondary N) is 2. The molecule has 1 fully saturated rings. The van der Waals surface area contributed by atoms with Gasteiger partial charge in [-0.2, -0.15) is 0 Å². The number of hydrogen-bond donors (Lipinski definition) is 3. The lowest BCUT2D eigenvalue weighted by Gasteiger charge is -2.15. The molecule has 2 rings (SSSR count). The Kier molecular flexibility index (Phi) is 11.4. The normalized spacial score (nSPS) is 14.9. The van der Waals surface area contributed by atoms with Crippen LogP contribution in [0.25, 0.3) is 0 Å². The van der Waals surface area contributed by atoms with Crippen molar-refractivity contribution >= 4 is 39.6 Å². The van der Waals surface area contributed by atoms with Crippen molar-refractivity contribution < 1.29 is 23.1 Å². The summed E-state index contributed by atoms with van der Waals surface area (Å²) in [5, 5.41) is 5.59. The first-order chi connectivity index (χ1) is 15.3. The number of unbranched alkanes of at least 4 members (excludes halogenated alkanes) is 1. The molecular weight excluding hydrogens is 506 g/mol. The fourth-order valence-electron chi connectivity index (χ4n) is 3.28. The minimum atomic E-state index is -0.794. The first-order valence-electron chi connectivity index (χ1n) is 10.4. The van der Waals surface area contributed by atoms with E-state index < -0.39 is 30.2 Å². The third-order valence-corrected chi connectivity index (χ3v) is 6.20. The molecule has 7 nitrogen and oxygen atoms in total. The second-order valence-corrected chi connectivity index (χ2v) is 9.09. The van der Waals surface area contributed by atoms with E-state index in [-0.39, 0.29) is 27.2 Å². The summed E-state index contributed by atoms with van der Waals surface area (Å²) in [7, 11) is 0. The molecule has 0 unspecified atom stereocenters. The number of nitrogens with zero attached hydrogens (tertiary/aromatic N) is 1. The maximum Gasteiger partial charge on any atom is 0.319 e. The monoisotopic (exact) mass is 534 g/mol. The van der Waals surface area contributed by atoms with Gasteiger partial charge in [0.05, 0.1) is 23.8 Å². The molecule has 11 heteroatoms. The van der Waals surface area contributed by atoms with Crippen LogP contribution in [0.3, 0.4) is 0 Å². The maximum absolute atomic E-state index is 13.9. The van der Waals surface area contributed by atoms with Crippen LogP contribution < -0.4 is 16.4 Å². The summed E-state index contributed by atoms with van der Waals surface area (Å²) < 4.78 is 33.4. The minimum Gasteiger partial charge on any atom is -0.372 e. The van der Waals surface area contributed by atoms with Crippen LogP contribution >= 0.6 is 27.7 Å². The summed E-state index contributed by atoms with van der Waals surface area (Å²) >= 11 is 4.13. The number of carbonyl (C=O) groups is 2. The second-order valence-electron chi connectivity index (χ2n) is 7.35. The van der Waals surface area contributed by atoms with E-state index in [0.717, 1.165) is 56.4 Å². The molecule has 178 valence electrons. The largest absolute Gasteiger partial charge is 0.372 e. The van der Waals surface area contributed by atoms with Crippen molar-refractivity contribution in [3.05, 3.63) is 44.4 Å². The van der Waals surface area contributed by atoms with Crippen molar-refractivity contribution in [2.45, 2.75) is 32.3 Å². The highest BCUT2D eigenvalue weighted by atomic mass is 79.9. The highest BCUT2D eigenvalue weighted by molar-refractivity contribution is 9.10. The molecule has 0 aliphatic carbocycles. The molecule has 1 aromatic rings. The van der Waals surface area contributed by atoms with Crippen LogP contribution in [-0.2, 0) is 16.1 Å². The van der Waals surface area contributed by atoms with Gasteiger partial charge in [-0.05, 0) is 63.7 Å². The van der Waals surface area contributed by atoms with Crippen LogP contribution in [0.1, 0.15) is 31.2 Å². The molecule has 3 amide bonds. The van der Waals surface area contributed by atoms with Gasteiger partial charge in [0.15, 0.2) is 0 Å². The van der Waals surface area contributed by atoms with Crippen LogP contribution in [0.2, 0.25) is 0 Å². The first-order valence-corrected chi connectivity index (χ1v) is 12.4. The van der Waals surface area contributed by atoms with Gasteiger partial charge < -0.3 is 26.0 Å². The second kappa shape index (κ2) is 13.8. The molecule has 0 saturated carbocycles. The van der Waals surface area contributed by atoms with Gasteiger partial charge in [-0.1, -0.05) is 15.9 Å². The Hall–Kier alpha value is -1.69.